The zero-order valence-corrected chi connectivity index (χ0v) is 11.4. The summed E-state index contributed by atoms with van der Waals surface area (Å²) in [5.41, 5.74) is 1.50. The normalized spacial score (nSPS) is 23.7. The summed E-state index contributed by atoms with van der Waals surface area (Å²) in [6.45, 7) is 0.867. The van der Waals surface area contributed by atoms with Gasteiger partial charge in [0.15, 0.2) is 0 Å². The van der Waals surface area contributed by atoms with Gasteiger partial charge in [0.1, 0.15) is 5.82 Å². The van der Waals surface area contributed by atoms with Crippen LogP contribution in [-0.2, 0) is 0 Å². The van der Waals surface area contributed by atoms with Gasteiger partial charge >= 0.3 is 0 Å². The van der Waals surface area contributed by atoms with Gasteiger partial charge in [-0.1, -0.05) is 6.42 Å². The van der Waals surface area contributed by atoms with Crippen LogP contribution < -0.4 is 5.32 Å². The van der Waals surface area contributed by atoms with Gasteiger partial charge in [-0.25, -0.2) is 9.37 Å². The summed E-state index contributed by atoms with van der Waals surface area (Å²) in [5.74, 6) is 1.05. The number of halogens is 2. The lowest BCUT2D eigenvalue weighted by molar-refractivity contribution is 0.378. The zero-order chi connectivity index (χ0) is 13.2. The van der Waals surface area contributed by atoms with Crippen molar-refractivity contribution >= 4 is 28.6 Å². The van der Waals surface area contributed by atoms with E-state index in [9.17, 15) is 4.39 Å². The second-order valence-electron chi connectivity index (χ2n) is 5.26. The van der Waals surface area contributed by atoms with Crippen LogP contribution in [0.4, 0.5) is 10.3 Å². The van der Waals surface area contributed by atoms with E-state index < -0.39 is 0 Å². The molecule has 0 spiro atoms. The monoisotopic (exact) mass is 281 g/mol. The number of nitrogens with one attached hydrogen (secondary N) is 2. The average molecular weight is 282 g/mol. The molecule has 102 valence electrons. The fraction of sp³-hybridized carbons (Fsp3) is 0.500. The van der Waals surface area contributed by atoms with Crippen LogP contribution in [0.5, 0.6) is 0 Å². The van der Waals surface area contributed by atoms with Crippen LogP contribution in [0, 0.1) is 11.7 Å². The number of benzene rings is 1. The van der Waals surface area contributed by atoms with E-state index in [4.69, 9.17) is 11.6 Å². The van der Waals surface area contributed by atoms with Crippen LogP contribution in [0.15, 0.2) is 18.2 Å². The lowest BCUT2D eigenvalue weighted by Gasteiger charge is -2.25. The maximum absolute atomic E-state index is 13.1. The summed E-state index contributed by atoms with van der Waals surface area (Å²) in [5, 5.41) is 3.61. The van der Waals surface area contributed by atoms with Gasteiger partial charge < -0.3 is 10.3 Å². The lowest BCUT2D eigenvalue weighted by atomic mass is 9.89. The Labute approximate surface area is 116 Å². The summed E-state index contributed by atoms with van der Waals surface area (Å²) in [6, 6.07) is 4.57. The molecule has 1 aliphatic carbocycles. The van der Waals surface area contributed by atoms with Crippen molar-refractivity contribution < 1.29 is 4.39 Å². The van der Waals surface area contributed by atoms with Crippen molar-refractivity contribution in [2.45, 2.75) is 31.1 Å². The van der Waals surface area contributed by atoms with Crippen LogP contribution in [-0.4, -0.2) is 21.9 Å². The number of hydrogen-bond acceptors (Lipinski definition) is 2. The second kappa shape index (κ2) is 5.37. The fourth-order valence-electron chi connectivity index (χ4n) is 2.72. The Kier molecular flexibility index (Phi) is 3.60. The Morgan fingerprint density at radius 3 is 3.16 bits per heavy atom. The molecule has 1 saturated carbocycles. The topological polar surface area (TPSA) is 40.7 Å². The van der Waals surface area contributed by atoms with Crippen LogP contribution in [0.3, 0.4) is 0 Å². The molecule has 1 heterocycles. The van der Waals surface area contributed by atoms with E-state index in [2.05, 4.69) is 15.3 Å². The number of imidazole rings is 1. The summed E-state index contributed by atoms with van der Waals surface area (Å²) in [7, 11) is 0. The van der Waals surface area contributed by atoms with Crippen LogP contribution in [0.2, 0.25) is 0 Å². The molecule has 0 bridgehead atoms. The van der Waals surface area contributed by atoms with Crippen molar-refractivity contribution in [2.75, 3.05) is 11.9 Å². The van der Waals surface area contributed by atoms with Gasteiger partial charge in [0.2, 0.25) is 5.95 Å². The highest BCUT2D eigenvalue weighted by Gasteiger charge is 2.20. The number of alkyl halides is 1. The molecule has 0 radical (unpaired) electrons. The number of nitrogens with zero attached hydrogens (tertiary/aromatic N) is 1. The smallest absolute Gasteiger partial charge is 0.201 e. The molecule has 2 unspecified atom stereocenters. The minimum atomic E-state index is -0.250. The third-order valence-electron chi connectivity index (χ3n) is 3.72. The molecule has 3 nitrogen and oxygen atoms in total. The summed E-state index contributed by atoms with van der Waals surface area (Å²) in [4.78, 5) is 7.48. The minimum Gasteiger partial charge on any atom is -0.356 e. The maximum Gasteiger partial charge on any atom is 0.201 e. The van der Waals surface area contributed by atoms with Crippen LogP contribution in [0.25, 0.3) is 11.0 Å². The molecular formula is C14H17ClFN3. The molecular weight excluding hydrogens is 265 g/mol. The molecule has 3 rings (SSSR count). The third kappa shape index (κ3) is 3.00. The van der Waals surface area contributed by atoms with E-state index in [1.807, 2.05) is 0 Å². The van der Waals surface area contributed by atoms with Crippen LogP contribution >= 0.6 is 11.6 Å². The average Bonchev–Trinajstić information content (AvgIpc) is 2.78. The predicted octanol–water partition coefficient (Wildman–Crippen LogP) is 3.91. The molecule has 0 saturated heterocycles. The van der Waals surface area contributed by atoms with E-state index in [0.717, 1.165) is 30.4 Å². The molecule has 2 aromatic rings. The minimum absolute atomic E-state index is 0.250. The third-order valence-corrected chi connectivity index (χ3v) is 4.12. The molecule has 19 heavy (non-hydrogen) atoms. The van der Waals surface area contributed by atoms with Crippen molar-refractivity contribution in [1.82, 2.24) is 9.97 Å². The van der Waals surface area contributed by atoms with E-state index in [0.29, 0.717) is 17.2 Å². The predicted molar refractivity (Wildman–Crippen MR) is 76.1 cm³/mol. The van der Waals surface area contributed by atoms with Gasteiger partial charge in [-0.15, -0.1) is 11.6 Å². The molecule has 0 aliphatic heterocycles. The van der Waals surface area contributed by atoms with Gasteiger partial charge in [-0.05, 0) is 43.4 Å². The fourth-order valence-corrected chi connectivity index (χ4v) is 3.12. The van der Waals surface area contributed by atoms with Gasteiger partial charge in [0.25, 0.3) is 0 Å². The first-order valence-corrected chi connectivity index (χ1v) is 7.17. The first-order valence-electron chi connectivity index (χ1n) is 6.74. The largest absolute Gasteiger partial charge is 0.356 e. The van der Waals surface area contributed by atoms with Crippen LogP contribution in [0.1, 0.15) is 25.7 Å². The molecule has 0 amide bonds. The quantitative estimate of drug-likeness (QED) is 0.838. The number of fused-ring (bicyclic) bond motifs is 1. The molecule has 5 heteroatoms. The Hall–Kier alpha value is -1.29. The van der Waals surface area contributed by atoms with Gasteiger partial charge in [-0.2, -0.15) is 0 Å². The second-order valence-corrected chi connectivity index (χ2v) is 5.87. The Morgan fingerprint density at radius 2 is 2.32 bits per heavy atom. The number of rotatable bonds is 3. The van der Waals surface area contributed by atoms with Gasteiger partial charge in [0.05, 0.1) is 11.0 Å². The van der Waals surface area contributed by atoms with Gasteiger partial charge in [0, 0.05) is 11.9 Å². The SMILES string of the molecule is Fc1ccc2nc(NCC3CCCC(Cl)C3)[nH]c2c1. The molecule has 2 atom stereocenters. The Balaban J connectivity index is 1.65. The zero-order valence-electron chi connectivity index (χ0n) is 10.6. The van der Waals surface area contributed by atoms with Crippen molar-refractivity contribution in [3.05, 3.63) is 24.0 Å². The highest BCUT2D eigenvalue weighted by molar-refractivity contribution is 6.20. The molecule has 2 N–H and O–H groups in total. The van der Waals surface area contributed by atoms with E-state index >= 15 is 0 Å². The number of H-pyrrole nitrogens is 1. The lowest BCUT2D eigenvalue weighted by Crippen LogP contribution is -2.22. The molecule has 1 fully saturated rings. The molecule has 1 aliphatic rings. The van der Waals surface area contributed by atoms with Crippen molar-refractivity contribution in [3.8, 4) is 0 Å². The first-order chi connectivity index (χ1) is 9.20. The number of aromatic amines is 1. The summed E-state index contributed by atoms with van der Waals surface area (Å²) >= 11 is 6.18. The van der Waals surface area contributed by atoms with Gasteiger partial charge in [-0.3, -0.25) is 0 Å². The first kappa shape index (κ1) is 12.7. The van der Waals surface area contributed by atoms with Crippen molar-refractivity contribution in [2.24, 2.45) is 5.92 Å². The van der Waals surface area contributed by atoms with Crippen molar-refractivity contribution in [3.63, 3.8) is 0 Å². The highest BCUT2D eigenvalue weighted by Crippen LogP contribution is 2.28. The number of anilines is 1. The molecule has 1 aromatic carbocycles. The Morgan fingerprint density at radius 1 is 1.42 bits per heavy atom. The summed E-state index contributed by atoms with van der Waals surface area (Å²) in [6.07, 6.45) is 4.60. The summed E-state index contributed by atoms with van der Waals surface area (Å²) < 4.78 is 13.1. The van der Waals surface area contributed by atoms with E-state index in [1.165, 1.54) is 25.0 Å². The van der Waals surface area contributed by atoms with E-state index in [-0.39, 0.29) is 5.82 Å². The molecule has 1 aromatic heterocycles. The maximum atomic E-state index is 13.1. The number of aromatic nitrogens is 2. The highest BCUT2D eigenvalue weighted by atomic mass is 35.5. The Bertz CT molecular complexity index is 569. The standard InChI is InChI=1S/C14H17ClFN3/c15-10-3-1-2-9(6-10)8-17-14-18-12-5-4-11(16)7-13(12)19-14/h4-5,7,9-10H,1-3,6,8H2,(H2,17,18,19). The number of hydrogen-bond donors (Lipinski definition) is 2. The van der Waals surface area contributed by atoms with E-state index in [1.54, 1.807) is 6.07 Å². The van der Waals surface area contributed by atoms with Crippen molar-refractivity contribution in [1.29, 1.82) is 0 Å².